The number of likely N-dealkylation sites (tertiary alicyclic amines) is 2. The van der Waals surface area contributed by atoms with Gasteiger partial charge < -0.3 is 39.7 Å². The SMILES string of the molecule is CC[C@@H](C)C(CN1CCC[C@H]1/C(C)=N/C=C(/c1ccc2c(c1)cc1n2C(c2cccc(O)c2)Oc2cc(-c3cnc([C@@H]4CCCN4C(=O)[C@@H](NC(=O)OC)C(C)C)[nH]3)cc(F)c2-1)C(C)C)NC. The molecule has 14 heteroatoms. The molecule has 0 bridgehead atoms. The number of fused-ring (bicyclic) bond motifs is 5. The number of halogens is 1. The van der Waals surface area contributed by atoms with E-state index in [4.69, 9.17) is 19.5 Å². The molecule has 4 N–H and O–H groups in total. The molecule has 13 nitrogen and oxygen atoms in total. The average molecular weight is 915 g/mol. The normalized spacial score (nSPS) is 20.2. The van der Waals surface area contributed by atoms with Crippen molar-refractivity contribution in [2.24, 2.45) is 22.7 Å². The Labute approximate surface area is 393 Å². The largest absolute Gasteiger partial charge is 0.508 e. The topological polar surface area (TPSA) is 149 Å². The van der Waals surface area contributed by atoms with Crippen molar-refractivity contribution >= 4 is 34.2 Å². The molecule has 0 saturated carbocycles. The summed E-state index contributed by atoms with van der Waals surface area (Å²) in [7, 11) is 3.34. The summed E-state index contributed by atoms with van der Waals surface area (Å²) in [5.74, 6) is 0.942. The number of carbonyl (C=O) groups is 2. The quantitative estimate of drug-likeness (QED) is 0.0759. The maximum atomic E-state index is 16.9. The molecule has 0 spiro atoms. The fraction of sp³-hybridized carbons (Fsp3) is 0.472. The molecule has 2 aromatic heterocycles. The van der Waals surface area contributed by atoms with E-state index in [0.29, 0.717) is 70.6 Å². The van der Waals surface area contributed by atoms with E-state index >= 15 is 4.39 Å². The average Bonchev–Trinajstić information content (AvgIpc) is 4.15. The van der Waals surface area contributed by atoms with Gasteiger partial charge in [0.2, 0.25) is 12.1 Å². The van der Waals surface area contributed by atoms with Crippen molar-refractivity contribution in [3.8, 4) is 34.0 Å². The summed E-state index contributed by atoms with van der Waals surface area (Å²) < 4.78 is 30.5. The Morgan fingerprint density at radius 2 is 1.85 bits per heavy atom. The smallest absolute Gasteiger partial charge is 0.407 e. The number of nitrogens with zero attached hydrogens (tertiary/aromatic N) is 5. The molecule has 5 heterocycles. The number of hydrogen-bond donors (Lipinski definition) is 4. The van der Waals surface area contributed by atoms with Crippen molar-refractivity contribution in [1.82, 2.24) is 35.0 Å². The predicted molar refractivity (Wildman–Crippen MR) is 262 cm³/mol. The van der Waals surface area contributed by atoms with Crippen LogP contribution in [-0.4, -0.2) is 99.1 Å². The lowest BCUT2D eigenvalue weighted by molar-refractivity contribution is -0.135. The number of allylic oxidation sites excluding steroid dienone is 1. The van der Waals surface area contributed by atoms with Crippen molar-refractivity contribution < 1.29 is 28.6 Å². The van der Waals surface area contributed by atoms with E-state index in [-0.39, 0.29) is 29.5 Å². The number of phenolic OH excluding ortho intramolecular Hbond substituents is 1. The number of alkyl carbamates (subject to hydrolysis) is 1. The number of imidazole rings is 1. The molecule has 2 fully saturated rings. The second-order valence-electron chi connectivity index (χ2n) is 19.2. The Morgan fingerprint density at radius 1 is 1.06 bits per heavy atom. The Balaban J connectivity index is 1.12. The maximum Gasteiger partial charge on any atom is 0.407 e. The number of aromatic hydroxyl groups is 1. The highest BCUT2D eigenvalue weighted by molar-refractivity contribution is 5.93. The van der Waals surface area contributed by atoms with E-state index < -0.39 is 24.2 Å². The molecule has 3 aromatic carbocycles. The zero-order chi connectivity index (χ0) is 47.7. The zero-order valence-corrected chi connectivity index (χ0v) is 40.4. The molecular formula is C53H67FN8O5. The van der Waals surface area contributed by atoms with Crippen LogP contribution in [0.5, 0.6) is 11.5 Å². The van der Waals surface area contributed by atoms with E-state index in [9.17, 15) is 14.7 Å². The highest BCUT2D eigenvalue weighted by atomic mass is 19.1. The molecule has 356 valence electrons. The van der Waals surface area contributed by atoms with E-state index in [1.807, 2.05) is 42.8 Å². The number of phenols is 1. The standard InChI is InChI=1S/C53H67FN8O5/c1-10-32(6)42(55-8)29-60-20-12-16-43(60)33(7)56-27-39(30(2)3)34-18-19-44-37(22-34)25-46-48-40(54)24-36(26-47(48)67-52(62(44)46)35-14-11-15-38(63)23-35)41-28-57-50(58-41)45-17-13-21-61(45)51(64)49(31(4)5)59-53(65)66-9/h11,14-15,18-19,22-28,30-32,42-43,45,49,52,55,63H,10,12-13,16-17,20-21,29H2,1-9H3,(H,57,58)(H,59,65)/b39-27+,56-33+/t32-,42?,43+,45+,49+,52?/m1/s1. The zero-order valence-electron chi connectivity index (χ0n) is 40.4. The van der Waals surface area contributed by atoms with Crippen molar-refractivity contribution in [2.45, 2.75) is 111 Å². The first-order valence-corrected chi connectivity index (χ1v) is 24.0. The van der Waals surface area contributed by atoms with Gasteiger partial charge in [-0.25, -0.2) is 14.2 Å². The van der Waals surface area contributed by atoms with Crippen LogP contribution in [0.2, 0.25) is 0 Å². The molecule has 5 aromatic rings. The molecule has 3 aliphatic heterocycles. The van der Waals surface area contributed by atoms with Gasteiger partial charge in [-0.1, -0.05) is 66.2 Å². The number of aromatic amines is 1. The number of carbonyl (C=O) groups excluding carboxylic acids is 2. The van der Waals surface area contributed by atoms with Crippen LogP contribution in [0.15, 0.2) is 78.1 Å². The summed E-state index contributed by atoms with van der Waals surface area (Å²) in [5, 5.41) is 17.8. The summed E-state index contributed by atoms with van der Waals surface area (Å²) in [6.45, 7) is 17.5. The maximum absolute atomic E-state index is 16.9. The second kappa shape index (κ2) is 20.1. The van der Waals surface area contributed by atoms with Crippen LogP contribution in [-0.2, 0) is 9.53 Å². The van der Waals surface area contributed by atoms with Crippen molar-refractivity contribution in [2.75, 3.05) is 33.8 Å². The number of ether oxygens (including phenoxy) is 2. The number of aromatic nitrogens is 3. The summed E-state index contributed by atoms with van der Waals surface area (Å²) in [4.78, 5) is 43.5. The summed E-state index contributed by atoms with van der Waals surface area (Å²) in [6.07, 6.45) is 7.15. The molecule has 6 atom stereocenters. The van der Waals surface area contributed by atoms with Crippen molar-refractivity contribution in [3.63, 3.8) is 0 Å². The minimum Gasteiger partial charge on any atom is -0.508 e. The third-order valence-electron chi connectivity index (χ3n) is 14.3. The van der Waals surface area contributed by atoms with Crippen LogP contribution in [0, 0.1) is 23.6 Å². The Kier molecular flexibility index (Phi) is 14.2. The lowest BCUT2D eigenvalue weighted by Crippen LogP contribution is -2.51. The van der Waals surface area contributed by atoms with Crippen LogP contribution in [0.1, 0.15) is 110 Å². The van der Waals surface area contributed by atoms with E-state index in [1.165, 1.54) is 13.2 Å². The second-order valence-corrected chi connectivity index (χ2v) is 19.2. The molecule has 2 saturated heterocycles. The van der Waals surface area contributed by atoms with E-state index in [0.717, 1.165) is 66.5 Å². The number of rotatable bonds is 15. The fourth-order valence-corrected chi connectivity index (χ4v) is 10.3. The van der Waals surface area contributed by atoms with Gasteiger partial charge in [0.05, 0.1) is 41.8 Å². The van der Waals surface area contributed by atoms with Gasteiger partial charge in [-0.2, -0.15) is 0 Å². The molecule has 0 radical (unpaired) electrons. The minimum atomic E-state index is -0.766. The van der Waals surface area contributed by atoms with Gasteiger partial charge in [-0.15, -0.1) is 0 Å². The number of aliphatic imine (C=N–C) groups is 1. The van der Waals surface area contributed by atoms with Crippen LogP contribution in [0.4, 0.5) is 9.18 Å². The van der Waals surface area contributed by atoms with Gasteiger partial charge in [0.25, 0.3) is 0 Å². The first-order chi connectivity index (χ1) is 32.2. The number of amides is 2. The van der Waals surface area contributed by atoms with Gasteiger partial charge in [-0.05, 0) is 118 Å². The molecule has 8 rings (SSSR count). The van der Waals surface area contributed by atoms with Crippen molar-refractivity contribution in [1.29, 1.82) is 0 Å². The van der Waals surface area contributed by atoms with Crippen molar-refractivity contribution in [3.05, 3.63) is 95.8 Å². The Morgan fingerprint density at radius 3 is 2.57 bits per heavy atom. The number of hydrogen-bond acceptors (Lipinski definition) is 9. The summed E-state index contributed by atoms with van der Waals surface area (Å²) in [5.41, 5.74) is 6.92. The van der Waals surface area contributed by atoms with Crippen LogP contribution < -0.4 is 15.4 Å². The molecule has 2 unspecified atom stereocenters. The van der Waals surface area contributed by atoms with Crippen LogP contribution in [0.3, 0.4) is 0 Å². The first kappa shape index (κ1) is 47.5. The number of nitrogens with one attached hydrogen (secondary N) is 3. The monoisotopic (exact) mass is 915 g/mol. The minimum absolute atomic E-state index is 0.0954. The Hall–Kier alpha value is -5.99. The molecule has 3 aliphatic rings. The lowest BCUT2D eigenvalue weighted by Gasteiger charge is -2.31. The third kappa shape index (κ3) is 9.60. The van der Waals surface area contributed by atoms with E-state index in [2.05, 4.69) is 80.4 Å². The molecule has 2 amide bonds. The van der Waals surface area contributed by atoms with Gasteiger partial charge in [0.1, 0.15) is 29.2 Å². The van der Waals surface area contributed by atoms with Gasteiger partial charge >= 0.3 is 6.09 Å². The van der Waals surface area contributed by atoms with Gasteiger partial charge in [0, 0.05) is 53.6 Å². The number of H-pyrrole nitrogens is 1. The highest BCUT2D eigenvalue weighted by Crippen LogP contribution is 2.48. The summed E-state index contributed by atoms with van der Waals surface area (Å²) in [6, 6.07) is 18.3. The van der Waals surface area contributed by atoms with Crippen LogP contribution in [0.25, 0.3) is 39.0 Å². The van der Waals surface area contributed by atoms with Gasteiger partial charge in [-0.3, -0.25) is 14.7 Å². The van der Waals surface area contributed by atoms with Crippen LogP contribution >= 0.6 is 0 Å². The number of methoxy groups -OCH3 is 1. The first-order valence-electron chi connectivity index (χ1n) is 24.0. The lowest BCUT2D eigenvalue weighted by atomic mass is 9.95. The molecular weight excluding hydrogens is 848 g/mol. The number of likely N-dealkylation sites (N-methyl/N-ethyl adjacent to an activating group) is 1. The third-order valence-corrected chi connectivity index (χ3v) is 14.3. The van der Waals surface area contributed by atoms with Gasteiger partial charge in [0.15, 0.2) is 0 Å². The fourth-order valence-electron chi connectivity index (χ4n) is 10.3. The molecule has 67 heavy (non-hydrogen) atoms. The summed E-state index contributed by atoms with van der Waals surface area (Å²) >= 11 is 0. The molecule has 0 aliphatic carbocycles. The Bertz CT molecular complexity index is 2670. The predicted octanol–water partition coefficient (Wildman–Crippen LogP) is 10.1. The van der Waals surface area contributed by atoms with E-state index in [1.54, 1.807) is 29.3 Å². The number of benzene rings is 3. The highest BCUT2D eigenvalue weighted by Gasteiger charge is 2.38.